The van der Waals surface area contributed by atoms with Crippen LogP contribution in [0.5, 0.6) is 0 Å². The number of carboxylic acid groups (broad SMARTS) is 2. The third-order valence-electron chi connectivity index (χ3n) is 4.64. The minimum Gasteiger partial charge on any atom is -0.480 e. The molecule has 0 radical (unpaired) electrons. The van der Waals surface area contributed by atoms with E-state index in [4.69, 9.17) is 10.2 Å². The van der Waals surface area contributed by atoms with E-state index < -0.39 is 11.9 Å². The molecule has 6 heteroatoms. The minimum absolute atomic E-state index is 0.256. The molecule has 0 saturated carbocycles. The van der Waals surface area contributed by atoms with Gasteiger partial charge in [-0.2, -0.15) is 0 Å². The Bertz CT molecular complexity index is 1130. The maximum atomic E-state index is 11.1. The van der Waals surface area contributed by atoms with E-state index in [0.717, 1.165) is 27.8 Å². The summed E-state index contributed by atoms with van der Waals surface area (Å²) in [6, 6.07) is 25.0. The molecule has 3 aromatic carbocycles. The van der Waals surface area contributed by atoms with Crippen LogP contribution in [0, 0.1) is 0 Å². The van der Waals surface area contributed by atoms with E-state index in [-0.39, 0.29) is 13.1 Å². The van der Waals surface area contributed by atoms with Crippen LogP contribution in [0.3, 0.4) is 0 Å². The Kier molecular flexibility index (Phi) is 7.06. The number of carboxylic acids is 2. The quantitative estimate of drug-likeness (QED) is 0.541. The predicted molar refractivity (Wildman–Crippen MR) is 121 cm³/mol. The SMILES string of the molecule is C/C(=N/CC(=O)O)c1ccc(-c2cccc(/C(=N/CC(=O)O)c3ccccc3)c2)cc1. The molecule has 0 saturated heterocycles. The average molecular weight is 414 g/mol. The average Bonchev–Trinajstić information content (AvgIpc) is 2.78. The second-order valence-corrected chi connectivity index (χ2v) is 6.88. The van der Waals surface area contributed by atoms with Crippen LogP contribution in [-0.4, -0.2) is 46.7 Å². The summed E-state index contributed by atoms with van der Waals surface area (Å²) in [6.07, 6.45) is 0. The lowest BCUT2D eigenvalue weighted by Crippen LogP contribution is -2.08. The summed E-state index contributed by atoms with van der Waals surface area (Å²) >= 11 is 0. The Balaban J connectivity index is 1.93. The first-order chi connectivity index (χ1) is 14.9. The second kappa shape index (κ2) is 10.1. The minimum atomic E-state index is -0.986. The van der Waals surface area contributed by atoms with Crippen LogP contribution in [0.1, 0.15) is 23.6 Å². The third-order valence-corrected chi connectivity index (χ3v) is 4.64. The van der Waals surface area contributed by atoms with E-state index in [1.165, 1.54) is 0 Å². The van der Waals surface area contributed by atoms with Crippen molar-refractivity contribution < 1.29 is 19.8 Å². The van der Waals surface area contributed by atoms with Crippen molar-refractivity contribution in [2.24, 2.45) is 9.98 Å². The first-order valence-corrected chi connectivity index (χ1v) is 9.70. The highest BCUT2D eigenvalue weighted by molar-refractivity contribution is 6.13. The summed E-state index contributed by atoms with van der Waals surface area (Å²) in [5.74, 6) is -1.95. The van der Waals surface area contributed by atoms with Crippen LogP contribution < -0.4 is 0 Å². The summed E-state index contributed by atoms with van der Waals surface area (Å²) < 4.78 is 0. The Morgan fingerprint density at radius 2 is 1.29 bits per heavy atom. The number of aliphatic carboxylic acids is 2. The van der Waals surface area contributed by atoms with E-state index in [2.05, 4.69) is 9.98 Å². The molecule has 0 atom stereocenters. The summed E-state index contributed by atoms with van der Waals surface area (Å²) in [5, 5.41) is 17.9. The van der Waals surface area contributed by atoms with Gasteiger partial charge in [-0.05, 0) is 29.7 Å². The van der Waals surface area contributed by atoms with Gasteiger partial charge in [-0.15, -0.1) is 0 Å². The lowest BCUT2D eigenvalue weighted by atomic mass is 9.96. The molecule has 2 N–H and O–H groups in total. The molecule has 3 rings (SSSR count). The number of hydrogen-bond acceptors (Lipinski definition) is 4. The lowest BCUT2D eigenvalue weighted by molar-refractivity contribution is -0.136. The van der Waals surface area contributed by atoms with E-state index in [1.807, 2.05) is 78.9 Å². The summed E-state index contributed by atoms with van der Waals surface area (Å²) in [6.45, 7) is 1.22. The van der Waals surface area contributed by atoms with Crippen LogP contribution >= 0.6 is 0 Å². The summed E-state index contributed by atoms with van der Waals surface area (Å²) in [4.78, 5) is 30.2. The van der Waals surface area contributed by atoms with Gasteiger partial charge in [0.25, 0.3) is 0 Å². The van der Waals surface area contributed by atoms with Crippen molar-refractivity contribution in [3.05, 3.63) is 95.6 Å². The number of hydrogen-bond donors (Lipinski definition) is 2. The second-order valence-electron chi connectivity index (χ2n) is 6.88. The van der Waals surface area contributed by atoms with E-state index in [0.29, 0.717) is 11.4 Å². The smallest absolute Gasteiger partial charge is 0.325 e. The van der Waals surface area contributed by atoms with Crippen LogP contribution in [0.4, 0.5) is 0 Å². The van der Waals surface area contributed by atoms with Gasteiger partial charge in [0.15, 0.2) is 0 Å². The Morgan fingerprint density at radius 1 is 0.677 bits per heavy atom. The monoisotopic (exact) mass is 414 g/mol. The molecule has 0 spiro atoms. The van der Waals surface area contributed by atoms with Crippen molar-refractivity contribution in [2.75, 3.05) is 13.1 Å². The van der Waals surface area contributed by atoms with Crippen molar-refractivity contribution in [1.29, 1.82) is 0 Å². The molecule has 0 aliphatic heterocycles. The molecule has 0 bridgehead atoms. The number of aliphatic imine (C=N–C) groups is 2. The van der Waals surface area contributed by atoms with Gasteiger partial charge in [-0.3, -0.25) is 19.6 Å². The van der Waals surface area contributed by atoms with Gasteiger partial charge in [-0.1, -0.05) is 72.8 Å². The highest BCUT2D eigenvalue weighted by Crippen LogP contribution is 2.23. The van der Waals surface area contributed by atoms with Crippen LogP contribution in [-0.2, 0) is 9.59 Å². The molecule has 0 unspecified atom stereocenters. The molecule has 0 fully saturated rings. The molecule has 156 valence electrons. The zero-order chi connectivity index (χ0) is 22.2. The van der Waals surface area contributed by atoms with Crippen LogP contribution in [0.25, 0.3) is 11.1 Å². The molecular formula is C25H22N2O4. The van der Waals surface area contributed by atoms with E-state index >= 15 is 0 Å². The van der Waals surface area contributed by atoms with Gasteiger partial charge in [0, 0.05) is 16.8 Å². The first-order valence-electron chi connectivity index (χ1n) is 9.70. The topological polar surface area (TPSA) is 99.3 Å². The van der Waals surface area contributed by atoms with Crippen molar-refractivity contribution in [2.45, 2.75) is 6.92 Å². The Hall–Kier alpha value is -4.06. The van der Waals surface area contributed by atoms with E-state index in [1.54, 1.807) is 6.92 Å². The fourth-order valence-corrected chi connectivity index (χ4v) is 3.12. The standard InChI is InChI=1S/C25H22N2O4/c1-17(26-15-23(28)29)18-10-12-19(13-11-18)21-8-5-9-22(14-21)25(27-16-24(30)31)20-6-3-2-4-7-20/h2-14H,15-16H2,1H3,(H,28,29)(H,30,31)/b26-17-,27-25+. The summed E-state index contributed by atoms with van der Waals surface area (Å²) in [5.41, 5.74) is 5.75. The lowest BCUT2D eigenvalue weighted by Gasteiger charge is -2.10. The predicted octanol–water partition coefficient (Wildman–Crippen LogP) is 4.17. The molecule has 0 heterocycles. The number of carbonyl (C=O) groups is 2. The molecule has 0 aliphatic carbocycles. The third kappa shape index (κ3) is 5.96. The van der Waals surface area contributed by atoms with Gasteiger partial charge in [-0.25, -0.2) is 0 Å². The molecule has 0 aromatic heterocycles. The zero-order valence-electron chi connectivity index (χ0n) is 17.0. The van der Waals surface area contributed by atoms with Crippen molar-refractivity contribution >= 4 is 23.4 Å². The van der Waals surface area contributed by atoms with Crippen molar-refractivity contribution in [3.63, 3.8) is 0 Å². The zero-order valence-corrected chi connectivity index (χ0v) is 17.0. The Labute approximate surface area is 180 Å². The number of nitrogens with zero attached hydrogens (tertiary/aromatic N) is 2. The van der Waals surface area contributed by atoms with E-state index in [9.17, 15) is 9.59 Å². The maximum Gasteiger partial charge on any atom is 0.325 e. The van der Waals surface area contributed by atoms with Gasteiger partial charge < -0.3 is 10.2 Å². The van der Waals surface area contributed by atoms with Gasteiger partial charge >= 0.3 is 11.9 Å². The maximum absolute atomic E-state index is 11.1. The fourth-order valence-electron chi connectivity index (χ4n) is 3.12. The van der Waals surface area contributed by atoms with Gasteiger partial charge in [0.1, 0.15) is 13.1 Å². The van der Waals surface area contributed by atoms with Crippen molar-refractivity contribution in [1.82, 2.24) is 0 Å². The van der Waals surface area contributed by atoms with Gasteiger partial charge in [0.2, 0.25) is 0 Å². The molecular weight excluding hydrogens is 392 g/mol. The highest BCUT2D eigenvalue weighted by Gasteiger charge is 2.10. The first kappa shape index (κ1) is 21.6. The highest BCUT2D eigenvalue weighted by atomic mass is 16.4. The molecule has 0 amide bonds. The van der Waals surface area contributed by atoms with Crippen LogP contribution in [0.15, 0.2) is 88.8 Å². The number of rotatable bonds is 8. The van der Waals surface area contributed by atoms with Crippen LogP contribution in [0.2, 0.25) is 0 Å². The molecule has 6 nitrogen and oxygen atoms in total. The van der Waals surface area contributed by atoms with Gasteiger partial charge in [0.05, 0.1) is 5.71 Å². The Morgan fingerprint density at radius 3 is 1.94 bits per heavy atom. The fraction of sp³-hybridized carbons (Fsp3) is 0.120. The van der Waals surface area contributed by atoms with Crippen molar-refractivity contribution in [3.8, 4) is 11.1 Å². The number of benzene rings is 3. The normalized spacial score (nSPS) is 11.9. The largest absolute Gasteiger partial charge is 0.480 e. The molecule has 0 aliphatic rings. The molecule has 3 aromatic rings. The molecule has 31 heavy (non-hydrogen) atoms. The summed E-state index contributed by atoms with van der Waals surface area (Å²) in [7, 11) is 0.